The van der Waals surface area contributed by atoms with Crippen molar-refractivity contribution >= 4 is 23.1 Å². The zero-order valence-corrected chi connectivity index (χ0v) is 9.70. The van der Waals surface area contributed by atoms with E-state index in [1.54, 1.807) is 6.07 Å². The zero-order valence-electron chi connectivity index (χ0n) is 8.94. The van der Waals surface area contributed by atoms with Gasteiger partial charge in [0.25, 0.3) is 0 Å². The van der Waals surface area contributed by atoms with Crippen molar-refractivity contribution in [2.75, 3.05) is 5.32 Å². The average molecular weight is 234 g/mol. The highest BCUT2D eigenvalue weighted by Crippen LogP contribution is 2.17. The summed E-state index contributed by atoms with van der Waals surface area (Å²) in [4.78, 5) is 7.91. The summed E-state index contributed by atoms with van der Waals surface area (Å²) in [6.45, 7) is 2.13. The van der Waals surface area contributed by atoms with Crippen LogP contribution in [0.5, 0.6) is 0 Å². The van der Waals surface area contributed by atoms with Crippen molar-refractivity contribution in [3.63, 3.8) is 0 Å². The minimum Gasteiger partial charge on any atom is -0.340 e. The maximum atomic E-state index is 5.78. The Morgan fingerprint density at radius 2 is 2.12 bits per heavy atom. The van der Waals surface area contributed by atoms with Crippen molar-refractivity contribution in [2.24, 2.45) is 0 Å². The van der Waals surface area contributed by atoms with Crippen LogP contribution in [0.1, 0.15) is 12.5 Å². The first-order chi connectivity index (χ1) is 7.78. The smallest absolute Gasteiger partial charge is 0.135 e. The van der Waals surface area contributed by atoms with Gasteiger partial charge >= 0.3 is 0 Å². The first-order valence-electron chi connectivity index (χ1n) is 5.11. The van der Waals surface area contributed by atoms with E-state index in [1.807, 2.05) is 12.1 Å². The molecular formula is C12H12ClN3. The Morgan fingerprint density at radius 3 is 2.88 bits per heavy atom. The number of rotatable bonds is 3. The van der Waals surface area contributed by atoms with E-state index in [0.717, 1.165) is 12.1 Å². The lowest BCUT2D eigenvalue weighted by atomic mass is 10.1. The summed E-state index contributed by atoms with van der Waals surface area (Å²) in [6, 6.07) is 9.90. The fourth-order valence-corrected chi connectivity index (χ4v) is 1.57. The van der Waals surface area contributed by atoms with Gasteiger partial charge in [0.2, 0.25) is 0 Å². The molecule has 0 aliphatic heterocycles. The molecule has 1 heterocycles. The van der Waals surface area contributed by atoms with Crippen molar-refractivity contribution in [3.05, 3.63) is 47.4 Å². The molecule has 0 aliphatic carbocycles. The molecule has 0 fully saturated rings. The molecule has 2 rings (SSSR count). The van der Waals surface area contributed by atoms with E-state index in [2.05, 4.69) is 34.3 Å². The number of halogens is 1. The van der Waals surface area contributed by atoms with Crippen LogP contribution < -0.4 is 5.32 Å². The summed E-state index contributed by atoms with van der Waals surface area (Å²) in [5, 5.41) is 3.62. The van der Waals surface area contributed by atoms with Crippen LogP contribution in [0.4, 0.5) is 11.5 Å². The third-order valence-electron chi connectivity index (χ3n) is 2.24. The molecule has 0 bridgehead atoms. The summed E-state index contributed by atoms with van der Waals surface area (Å²) in [5.74, 6) is 0.702. The highest BCUT2D eigenvalue weighted by molar-refractivity contribution is 6.29. The van der Waals surface area contributed by atoms with Gasteiger partial charge in [-0.1, -0.05) is 30.7 Å². The van der Waals surface area contributed by atoms with Crippen molar-refractivity contribution in [2.45, 2.75) is 13.3 Å². The molecule has 1 aromatic heterocycles. The molecule has 0 amide bonds. The van der Waals surface area contributed by atoms with Gasteiger partial charge in [-0.3, -0.25) is 0 Å². The third-order valence-corrected chi connectivity index (χ3v) is 2.45. The molecule has 82 valence electrons. The Bertz CT molecular complexity index is 485. The van der Waals surface area contributed by atoms with Crippen LogP contribution in [0.15, 0.2) is 36.7 Å². The van der Waals surface area contributed by atoms with Crippen LogP contribution in [0.25, 0.3) is 0 Å². The Labute approximate surface area is 99.5 Å². The van der Waals surface area contributed by atoms with Gasteiger partial charge in [0.1, 0.15) is 17.3 Å². The lowest BCUT2D eigenvalue weighted by molar-refractivity contribution is 1.14. The number of benzene rings is 1. The molecule has 3 nitrogen and oxygen atoms in total. The van der Waals surface area contributed by atoms with Crippen molar-refractivity contribution in [3.8, 4) is 0 Å². The van der Waals surface area contributed by atoms with Gasteiger partial charge in [-0.05, 0) is 24.1 Å². The maximum absolute atomic E-state index is 5.78. The second kappa shape index (κ2) is 4.94. The van der Waals surface area contributed by atoms with E-state index in [-0.39, 0.29) is 0 Å². The van der Waals surface area contributed by atoms with Gasteiger partial charge in [0.05, 0.1) is 0 Å². The number of nitrogens with one attached hydrogen (secondary N) is 1. The predicted molar refractivity (Wildman–Crippen MR) is 66.1 cm³/mol. The van der Waals surface area contributed by atoms with Gasteiger partial charge in [0, 0.05) is 11.8 Å². The number of nitrogens with zero attached hydrogens (tertiary/aromatic N) is 2. The lowest BCUT2D eigenvalue weighted by Gasteiger charge is -2.06. The number of aryl methyl sites for hydroxylation is 1. The van der Waals surface area contributed by atoms with Gasteiger partial charge < -0.3 is 5.32 Å². The molecule has 0 unspecified atom stereocenters. The molecule has 0 aliphatic rings. The lowest BCUT2D eigenvalue weighted by Crippen LogP contribution is -1.94. The second-order valence-electron chi connectivity index (χ2n) is 3.40. The highest BCUT2D eigenvalue weighted by Gasteiger charge is 1.98. The van der Waals surface area contributed by atoms with E-state index in [0.29, 0.717) is 11.0 Å². The van der Waals surface area contributed by atoms with Crippen LogP contribution in [-0.2, 0) is 6.42 Å². The van der Waals surface area contributed by atoms with Crippen LogP contribution in [-0.4, -0.2) is 9.97 Å². The summed E-state index contributed by atoms with van der Waals surface area (Å²) < 4.78 is 0. The molecule has 4 heteroatoms. The Balaban J connectivity index is 2.20. The van der Waals surface area contributed by atoms with Gasteiger partial charge in [-0.25, -0.2) is 9.97 Å². The first kappa shape index (κ1) is 10.9. The van der Waals surface area contributed by atoms with Crippen molar-refractivity contribution in [1.29, 1.82) is 0 Å². The van der Waals surface area contributed by atoms with Gasteiger partial charge in [-0.15, -0.1) is 0 Å². The van der Waals surface area contributed by atoms with E-state index >= 15 is 0 Å². The van der Waals surface area contributed by atoms with E-state index in [9.17, 15) is 0 Å². The molecule has 1 aromatic carbocycles. The molecule has 0 spiro atoms. The third kappa shape index (κ3) is 2.70. The molecule has 1 N–H and O–H groups in total. The van der Waals surface area contributed by atoms with E-state index in [1.165, 1.54) is 11.9 Å². The largest absolute Gasteiger partial charge is 0.340 e. The summed E-state index contributed by atoms with van der Waals surface area (Å²) in [6.07, 6.45) is 2.45. The quantitative estimate of drug-likeness (QED) is 0.826. The van der Waals surface area contributed by atoms with Crippen LogP contribution >= 0.6 is 11.6 Å². The van der Waals surface area contributed by atoms with E-state index in [4.69, 9.17) is 11.6 Å². The minimum atomic E-state index is 0.434. The molecule has 0 radical (unpaired) electrons. The number of aromatic nitrogens is 2. The van der Waals surface area contributed by atoms with Crippen molar-refractivity contribution < 1.29 is 0 Å². The molecule has 0 atom stereocenters. The molecular weight excluding hydrogens is 222 g/mol. The maximum Gasteiger partial charge on any atom is 0.135 e. The van der Waals surface area contributed by atoms with Crippen LogP contribution in [0, 0.1) is 0 Å². The number of anilines is 2. The summed E-state index contributed by atoms with van der Waals surface area (Å²) in [7, 11) is 0. The van der Waals surface area contributed by atoms with Crippen LogP contribution in [0.2, 0.25) is 5.15 Å². The SMILES string of the molecule is CCc1cccc(Nc2cc(Cl)ncn2)c1. The minimum absolute atomic E-state index is 0.434. The Hall–Kier alpha value is -1.61. The highest BCUT2D eigenvalue weighted by atomic mass is 35.5. The summed E-state index contributed by atoms with van der Waals surface area (Å²) in [5.41, 5.74) is 2.29. The summed E-state index contributed by atoms with van der Waals surface area (Å²) >= 11 is 5.78. The van der Waals surface area contributed by atoms with Gasteiger partial charge in [-0.2, -0.15) is 0 Å². The van der Waals surface area contributed by atoms with E-state index < -0.39 is 0 Å². The normalized spacial score (nSPS) is 10.1. The fraction of sp³-hybridized carbons (Fsp3) is 0.167. The van der Waals surface area contributed by atoms with Crippen molar-refractivity contribution in [1.82, 2.24) is 9.97 Å². The fourth-order valence-electron chi connectivity index (χ4n) is 1.42. The molecule has 0 saturated heterocycles. The number of hydrogen-bond donors (Lipinski definition) is 1. The Kier molecular flexibility index (Phi) is 3.37. The monoisotopic (exact) mass is 233 g/mol. The second-order valence-corrected chi connectivity index (χ2v) is 3.79. The first-order valence-corrected chi connectivity index (χ1v) is 5.49. The zero-order chi connectivity index (χ0) is 11.4. The topological polar surface area (TPSA) is 37.8 Å². The molecule has 0 saturated carbocycles. The number of hydrogen-bond acceptors (Lipinski definition) is 3. The van der Waals surface area contributed by atoms with Gasteiger partial charge in [0.15, 0.2) is 0 Å². The standard InChI is InChI=1S/C12H12ClN3/c1-2-9-4-3-5-10(6-9)16-12-7-11(13)14-8-15-12/h3-8H,2H2,1H3,(H,14,15,16). The predicted octanol–water partition coefficient (Wildman–Crippen LogP) is 3.44. The Morgan fingerprint density at radius 1 is 1.25 bits per heavy atom. The average Bonchev–Trinajstić information content (AvgIpc) is 2.29. The van der Waals surface area contributed by atoms with Crippen LogP contribution in [0.3, 0.4) is 0 Å². The molecule has 2 aromatic rings. The molecule has 16 heavy (non-hydrogen) atoms.